The van der Waals surface area contributed by atoms with E-state index in [0.717, 1.165) is 5.39 Å². The van der Waals surface area contributed by atoms with Crippen molar-refractivity contribution >= 4 is 40.7 Å². The number of alkyl carbamates (subject to hydrolysis) is 1. The SMILES string of the molecule is COC(=O)C1CCCN1C(=O)[C@@H](NC(=O)C(COC/C=C/c1cc2c(=O)[nH]ccc2cc1OC)NC(=O)OC(C)(C)C)C(C)(C)C. The van der Waals surface area contributed by atoms with Crippen LogP contribution in [0.15, 0.2) is 35.3 Å². The molecule has 2 heterocycles. The van der Waals surface area contributed by atoms with E-state index in [1.807, 2.05) is 0 Å². The fourth-order valence-electron chi connectivity index (χ4n) is 5.07. The summed E-state index contributed by atoms with van der Waals surface area (Å²) in [6.07, 6.45) is 5.24. The van der Waals surface area contributed by atoms with E-state index in [9.17, 15) is 24.0 Å². The minimum atomic E-state index is -1.22. The molecule has 13 nitrogen and oxygen atoms in total. The molecule has 1 aromatic heterocycles. The first-order chi connectivity index (χ1) is 21.6. The first-order valence-electron chi connectivity index (χ1n) is 15.2. The summed E-state index contributed by atoms with van der Waals surface area (Å²) in [4.78, 5) is 68.7. The second kappa shape index (κ2) is 15.3. The number of benzene rings is 1. The van der Waals surface area contributed by atoms with E-state index in [1.54, 1.807) is 78.1 Å². The zero-order valence-corrected chi connectivity index (χ0v) is 27.9. The third-order valence-electron chi connectivity index (χ3n) is 7.34. The van der Waals surface area contributed by atoms with Gasteiger partial charge in [-0.25, -0.2) is 9.59 Å². The van der Waals surface area contributed by atoms with E-state index in [0.29, 0.717) is 36.1 Å². The molecule has 0 bridgehead atoms. The number of aromatic amines is 1. The summed E-state index contributed by atoms with van der Waals surface area (Å²) in [5, 5.41) is 6.56. The van der Waals surface area contributed by atoms with Gasteiger partial charge in [-0.3, -0.25) is 14.4 Å². The molecule has 3 N–H and O–H groups in total. The standard InChI is InChI=1S/C33H46N4O9/c1-32(2,3)26(29(40)37-15-9-12-24(37)30(41)44-8)36-28(39)23(35-31(42)46-33(4,5)6)19-45-16-10-11-21-17-22-20(18-25(21)43-7)13-14-34-27(22)38/h10-11,13-14,17-18,23-24,26H,9,12,15-16,19H2,1-8H3,(H,34,38)(H,35,42)(H,36,39)/b11-10+/t23?,24?,26-/m1/s1. The van der Waals surface area contributed by atoms with Crippen molar-refractivity contribution in [3.05, 3.63) is 46.4 Å². The minimum absolute atomic E-state index is 0.0440. The highest BCUT2D eigenvalue weighted by Gasteiger charge is 2.43. The fraction of sp³-hybridized carbons (Fsp3) is 0.545. The molecule has 2 aromatic rings. The summed E-state index contributed by atoms with van der Waals surface area (Å²) in [5.74, 6) is -1.03. The van der Waals surface area contributed by atoms with Crippen LogP contribution in [0.1, 0.15) is 59.9 Å². The Kier molecular flexibility index (Phi) is 12.0. The number of hydrogen-bond donors (Lipinski definition) is 3. The highest BCUT2D eigenvalue weighted by molar-refractivity contribution is 5.94. The number of carbonyl (C=O) groups excluding carboxylic acids is 4. The van der Waals surface area contributed by atoms with Crippen LogP contribution < -0.4 is 20.9 Å². The summed E-state index contributed by atoms with van der Waals surface area (Å²) in [5.41, 5.74) is -1.14. The van der Waals surface area contributed by atoms with Crippen molar-refractivity contribution in [1.29, 1.82) is 0 Å². The molecule has 13 heteroatoms. The van der Waals surface area contributed by atoms with Gasteiger partial charge in [0.05, 0.1) is 27.4 Å². The zero-order chi connectivity index (χ0) is 34.2. The number of likely N-dealkylation sites (tertiary alicyclic amines) is 1. The Morgan fingerprint density at radius 3 is 2.43 bits per heavy atom. The van der Waals surface area contributed by atoms with Gasteiger partial charge < -0.3 is 39.5 Å². The fourth-order valence-corrected chi connectivity index (χ4v) is 5.07. The first kappa shape index (κ1) is 36.1. The largest absolute Gasteiger partial charge is 0.496 e. The first-order valence-corrected chi connectivity index (χ1v) is 15.2. The predicted octanol–water partition coefficient (Wildman–Crippen LogP) is 3.15. The van der Waals surface area contributed by atoms with Crippen molar-refractivity contribution in [2.24, 2.45) is 5.41 Å². The summed E-state index contributed by atoms with van der Waals surface area (Å²) in [7, 11) is 2.80. The van der Waals surface area contributed by atoms with E-state index in [1.165, 1.54) is 19.1 Å². The lowest BCUT2D eigenvalue weighted by molar-refractivity contribution is -0.153. The second-order valence-electron chi connectivity index (χ2n) is 13.1. The molecule has 1 fully saturated rings. The maximum absolute atomic E-state index is 13.7. The molecule has 252 valence electrons. The molecule has 3 amide bonds. The van der Waals surface area contributed by atoms with Crippen LogP contribution >= 0.6 is 0 Å². The molecule has 3 rings (SSSR count). The molecule has 1 aliphatic rings. The number of pyridine rings is 1. The molecular formula is C33H46N4O9. The van der Waals surface area contributed by atoms with Crippen LogP contribution in [0.4, 0.5) is 4.79 Å². The predicted molar refractivity (Wildman–Crippen MR) is 172 cm³/mol. The number of hydrogen-bond acceptors (Lipinski definition) is 9. The molecule has 1 aliphatic heterocycles. The number of carbonyl (C=O) groups is 4. The molecule has 1 saturated heterocycles. The molecule has 0 radical (unpaired) electrons. The molecule has 0 saturated carbocycles. The van der Waals surface area contributed by atoms with E-state index in [-0.39, 0.29) is 18.8 Å². The number of ether oxygens (including phenoxy) is 4. The Morgan fingerprint density at radius 2 is 1.80 bits per heavy atom. The maximum atomic E-state index is 13.7. The molecule has 1 aromatic carbocycles. The van der Waals surface area contributed by atoms with Crippen molar-refractivity contribution in [1.82, 2.24) is 20.5 Å². The molecule has 0 spiro atoms. The third kappa shape index (κ3) is 9.56. The Bertz CT molecular complexity index is 1500. The summed E-state index contributed by atoms with van der Waals surface area (Å²) < 4.78 is 21.5. The van der Waals surface area contributed by atoms with Gasteiger partial charge in [0.15, 0.2) is 0 Å². The number of fused-ring (bicyclic) bond motifs is 1. The van der Waals surface area contributed by atoms with Gasteiger partial charge in [0.2, 0.25) is 11.8 Å². The molecule has 2 unspecified atom stereocenters. The quantitative estimate of drug-likeness (QED) is 0.247. The third-order valence-corrected chi connectivity index (χ3v) is 7.34. The normalized spacial score (nSPS) is 16.6. The van der Waals surface area contributed by atoms with Crippen LogP contribution in [-0.4, -0.2) is 91.5 Å². The second-order valence-corrected chi connectivity index (χ2v) is 13.1. The van der Waals surface area contributed by atoms with Crippen molar-refractivity contribution in [2.45, 2.75) is 78.1 Å². The Morgan fingerprint density at radius 1 is 1.09 bits per heavy atom. The average Bonchev–Trinajstić information content (AvgIpc) is 3.47. The van der Waals surface area contributed by atoms with Crippen molar-refractivity contribution < 1.29 is 38.1 Å². The van der Waals surface area contributed by atoms with Crippen LogP contribution in [-0.2, 0) is 28.6 Å². The van der Waals surface area contributed by atoms with Crippen LogP contribution in [0.5, 0.6) is 5.75 Å². The van der Waals surface area contributed by atoms with Crippen molar-refractivity contribution in [3.8, 4) is 5.75 Å². The number of rotatable bonds is 11. The van der Waals surface area contributed by atoms with Gasteiger partial charge in [0, 0.05) is 23.7 Å². The highest BCUT2D eigenvalue weighted by atomic mass is 16.6. The van der Waals surface area contributed by atoms with Gasteiger partial charge in [0.1, 0.15) is 29.5 Å². The van der Waals surface area contributed by atoms with E-state index in [4.69, 9.17) is 18.9 Å². The number of nitrogens with one attached hydrogen (secondary N) is 3. The number of nitrogens with zero attached hydrogens (tertiary/aromatic N) is 1. The van der Waals surface area contributed by atoms with Crippen molar-refractivity contribution in [2.75, 3.05) is 34.0 Å². The van der Waals surface area contributed by atoms with Gasteiger partial charge in [-0.1, -0.05) is 32.9 Å². The number of H-pyrrole nitrogens is 1. The number of amides is 3. The lowest BCUT2D eigenvalue weighted by atomic mass is 9.85. The topological polar surface area (TPSA) is 165 Å². The monoisotopic (exact) mass is 642 g/mol. The Balaban J connectivity index is 1.76. The van der Waals surface area contributed by atoms with Crippen LogP contribution in [0.3, 0.4) is 0 Å². The minimum Gasteiger partial charge on any atom is -0.496 e. The molecule has 3 atom stereocenters. The van der Waals surface area contributed by atoms with E-state index < -0.39 is 53.0 Å². The summed E-state index contributed by atoms with van der Waals surface area (Å²) in [6, 6.07) is 2.28. The average molecular weight is 643 g/mol. The lowest BCUT2D eigenvalue weighted by Crippen LogP contribution is -2.60. The molecule has 0 aliphatic carbocycles. The van der Waals surface area contributed by atoms with Gasteiger partial charge >= 0.3 is 12.1 Å². The van der Waals surface area contributed by atoms with E-state index >= 15 is 0 Å². The molecular weight excluding hydrogens is 596 g/mol. The van der Waals surface area contributed by atoms with Gasteiger partial charge in [-0.05, 0) is 62.6 Å². The highest BCUT2D eigenvalue weighted by Crippen LogP contribution is 2.27. The lowest BCUT2D eigenvalue weighted by Gasteiger charge is -2.36. The number of esters is 1. The number of aromatic nitrogens is 1. The van der Waals surface area contributed by atoms with Gasteiger partial charge in [0.25, 0.3) is 5.56 Å². The zero-order valence-electron chi connectivity index (χ0n) is 27.9. The molecule has 46 heavy (non-hydrogen) atoms. The Labute approximate surface area is 269 Å². The van der Waals surface area contributed by atoms with Crippen LogP contribution in [0.25, 0.3) is 16.8 Å². The number of methoxy groups -OCH3 is 2. The van der Waals surface area contributed by atoms with Crippen molar-refractivity contribution in [3.63, 3.8) is 0 Å². The smallest absolute Gasteiger partial charge is 0.408 e. The summed E-state index contributed by atoms with van der Waals surface area (Å²) in [6.45, 7) is 10.6. The van der Waals surface area contributed by atoms with Crippen LogP contribution in [0.2, 0.25) is 0 Å². The summed E-state index contributed by atoms with van der Waals surface area (Å²) >= 11 is 0. The Hall–Kier alpha value is -4.39. The van der Waals surface area contributed by atoms with Crippen LogP contribution in [0, 0.1) is 5.41 Å². The van der Waals surface area contributed by atoms with Gasteiger partial charge in [-0.2, -0.15) is 0 Å². The van der Waals surface area contributed by atoms with E-state index in [2.05, 4.69) is 15.6 Å². The van der Waals surface area contributed by atoms with Gasteiger partial charge in [-0.15, -0.1) is 0 Å². The maximum Gasteiger partial charge on any atom is 0.408 e.